The third-order valence-electron chi connectivity index (χ3n) is 3.58. The highest BCUT2D eigenvalue weighted by atomic mass is 14.1. The Labute approximate surface area is 116 Å². The van der Waals surface area contributed by atoms with Gasteiger partial charge in [-0.3, -0.25) is 0 Å². The van der Waals surface area contributed by atoms with Crippen LogP contribution in [0.1, 0.15) is 33.4 Å². The molecular formula is C19H22. The zero-order valence-electron chi connectivity index (χ0n) is 12.2. The largest absolute Gasteiger partial charge is 0.0985 e. The molecule has 0 fully saturated rings. The van der Waals surface area contributed by atoms with E-state index < -0.39 is 0 Å². The van der Waals surface area contributed by atoms with Crippen LogP contribution in [0.3, 0.4) is 0 Å². The minimum atomic E-state index is 1.09. The molecule has 0 spiro atoms. The highest BCUT2D eigenvalue weighted by molar-refractivity contribution is 5.50. The maximum absolute atomic E-state index is 3.86. The van der Waals surface area contributed by atoms with Gasteiger partial charge >= 0.3 is 0 Å². The second kappa shape index (κ2) is 5.88. The van der Waals surface area contributed by atoms with E-state index in [1.54, 1.807) is 0 Å². The van der Waals surface area contributed by atoms with Gasteiger partial charge in [0.1, 0.15) is 0 Å². The molecular weight excluding hydrogens is 228 g/mol. The summed E-state index contributed by atoms with van der Waals surface area (Å²) in [7, 11) is 0. The Morgan fingerprint density at radius 2 is 1.68 bits per heavy atom. The van der Waals surface area contributed by atoms with Gasteiger partial charge in [-0.25, -0.2) is 0 Å². The summed E-state index contributed by atoms with van der Waals surface area (Å²) in [5, 5.41) is 0. The minimum absolute atomic E-state index is 1.09. The Kier molecular flexibility index (Phi) is 4.21. The van der Waals surface area contributed by atoms with Crippen LogP contribution in [-0.2, 0) is 12.8 Å². The van der Waals surface area contributed by atoms with E-state index in [1.807, 2.05) is 6.08 Å². The summed E-state index contributed by atoms with van der Waals surface area (Å²) in [4.78, 5) is 0. The van der Waals surface area contributed by atoms with Gasteiger partial charge in [0.15, 0.2) is 0 Å². The monoisotopic (exact) mass is 250 g/mol. The van der Waals surface area contributed by atoms with Crippen molar-refractivity contribution in [3.05, 3.63) is 76.4 Å². The average Bonchev–Trinajstić information content (AvgIpc) is 2.37. The van der Waals surface area contributed by atoms with Crippen LogP contribution >= 0.6 is 0 Å². The van der Waals surface area contributed by atoms with Crippen LogP contribution in [0.2, 0.25) is 0 Å². The van der Waals surface area contributed by atoms with Gasteiger partial charge in [0.05, 0.1) is 0 Å². The zero-order chi connectivity index (χ0) is 13.8. The molecule has 2 aromatic rings. The first-order valence-corrected chi connectivity index (χ1v) is 6.87. The van der Waals surface area contributed by atoms with Crippen molar-refractivity contribution in [2.75, 3.05) is 0 Å². The van der Waals surface area contributed by atoms with Gasteiger partial charge in [0.25, 0.3) is 0 Å². The summed E-state index contributed by atoms with van der Waals surface area (Å²) in [6.45, 7) is 10.4. The molecule has 0 nitrogen and oxygen atoms in total. The molecule has 0 aliphatic carbocycles. The number of rotatable bonds is 4. The lowest BCUT2D eigenvalue weighted by Gasteiger charge is -2.08. The number of hydrogen-bond donors (Lipinski definition) is 0. The van der Waals surface area contributed by atoms with Crippen molar-refractivity contribution in [3.8, 4) is 0 Å². The normalized spacial score (nSPS) is 10.5. The van der Waals surface area contributed by atoms with Crippen molar-refractivity contribution in [1.82, 2.24) is 0 Å². The van der Waals surface area contributed by atoms with E-state index in [9.17, 15) is 0 Å². The van der Waals surface area contributed by atoms with Crippen molar-refractivity contribution in [2.45, 2.75) is 33.6 Å². The fraction of sp³-hybridized carbons (Fsp3) is 0.263. The lowest BCUT2D eigenvalue weighted by atomic mass is 9.97. The second-order valence-electron chi connectivity index (χ2n) is 5.39. The van der Waals surface area contributed by atoms with E-state index in [4.69, 9.17) is 0 Å². The first kappa shape index (κ1) is 13.6. The molecule has 0 bridgehead atoms. The summed E-state index contributed by atoms with van der Waals surface area (Å²) >= 11 is 0. The van der Waals surface area contributed by atoms with E-state index in [0.29, 0.717) is 0 Å². The fourth-order valence-corrected chi connectivity index (χ4v) is 2.56. The van der Waals surface area contributed by atoms with Crippen LogP contribution in [0, 0.1) is 20.8 Å². The van der Waals surface area contributed by atoms with Crippen LogP contribution in [0.25, 0.3) is 6.08 Å². The molecule has 0 aliphatic heterocycles. The summed E-state index contributed by atoms with van der Waals surface area (Å²) < 4.78 is 0. The van der Waals surface area contributed by atoms with E-state index >= 15 is 0 Å². The van der Waals surface area contributed by atoms with E-state index in [1.165, 1.54) is 33.4 Å². The quantitative estimate of drug-likeness (QED) is 0.713. The Balaban J connectivity index is 2.14. The van der Waals surface area contributed by atoms with Crippen LogP contribution in [0.15, 0.2) is 43.0 Å². The third-order valence-corrected chi connectivity index (χ3v) is 3.58. The van der Waals surface area contributed by atoms with Crippen molar-refractivity contribution in [1.29, 1.82) is 0 Å². The standard InChI is InChI=1S/C19H22/c1-5-17-11-15(3)12-18(13-17)7-9-19-8-6-14(2)10-16(19)4/h5-6,8,10-13H,1,7,9H2,2-4H3. The second-order valence-corrected chi connectivity index (χ2v) is 5.39. The Morgan fingerprint density at radius 1 is 0.895 bits per heavy atom. The molecule has 0 radical (unpaired) electrons. The lowest BCUT2D eigenvalue weighted by molar-refractivity contribution is 0.945. The van der Waals surface area contributed by atoms with Crippen molar-refractivity contribution in [3.63, 3.8) is 0 Å². The van der Waals surface area contributed by atoms with Crippen LogP contribution in [0.4, 0.5) is 0 Å². The van der Waals surface area contributed by atoms with Crippen molar-refractivity contribution in [2.24, 2.45) is 0 Å². The molecule has 2 rings (SSSR count). The summed E-state index contributed by atoms with van der Waals surface area (Å²) in [5.41, 5.74) is 8.12. The highest BCUT2D eigenvalue weighted by Gasteiger charge is 2.01. The predicted octanol–water partition coefficient (Wildman–Crippen LogP) is 5.04. The van der Waals surface area contributed by atoms with Gasteiger partial charge in [0.2, 0.25) is 0 Å². The van der Waals surface area contributed by atoms with Crippen molar-refractivity contribution < 1.29 is 0 Å². The molecule has 0 unspecified atom stereocenters. The first-order chi connectivity index (χ1) is 9.08. The predicted molar refractivity (Wildman–Crippen MR) is 84.6 cm³/mol. The molecule has 0 heteroatoms. The molecule has 98 valence electrons. The minimum Gasteiger partial charge on any atom is -0.0985 e. The molecule has 0 N–H and O–H groups in total. The fourth-order valence-electron chi connectivity index (χ4n) is 2.56. The van der Waals surface area contributed by atoms with Crippen molar-refractivity contribution >= 4 is 6.08 Å². The van der Waals surface area contributed by atoms with Gasteiger partial charge < -0.3 is 0 Å². The van der Waals surface area contributed by atoms with Gasteiger partial charge in [-0.15, -0.1) is 0 Å². The third kappa shape index (κ3) is 3.57. The summed E-state index contributed by atoms with van der Waals surface area (Å²) in [5.74, 6) is 0. The molecule has 19 heavy (non-hydrogen) atoms. The van der Waals surface area contributed by atoms with E-state index in [-0.39, 0.29) is 0 Å². The number of hydrogen-bond acceptors (Lipinski definition) is 0. The molecule has 0 saturated heterocycles. The number of aryl methyl sites for hydroxylation is 5. The smallest absolute Gasteiger partial charge is 0.0236 e. The molecule has 0 saturated carbocycles. The van der Waals surface area contributed by atoms with Crippen LogP contribution in [0.5, 0.6) is 0 Å². The van der Waals surface area contributed by atoms with E-state index in [0.717, 1.165) is 12.8 Å². The van der Waals surface area contributed by atoms with Crippen LogP contribution < -0.4 is 0 Å². The Morgan fingerprint density at radius 3 is 2.37 bits per heavy atom. The highest BCUT2D eigenvalue weighted by Crippen LogP contribution is 2.16. The Hall–Kier alpha value is -1.82. The van der Waals surface area contributed by atoms with Gasteiger partial charge in [-0.2, -0.15) is 0 Å². The zero-order valence-corrected chi connectivity index (χ0v) is 12.2. The van der Waals surface area contributed by atoms with Gasteiger partial charge in [-0.05, 0) is 55.9 Å². The molecule has 0 aliphatic rings. The molecule has 0 aromatic heterocycles. The maximum Gasteiger partial charge on any atom is -0.0236 e. The summed E-state index contributed by atoms with van der Waals surface area (Å²) in [6.07, 6.45) is 4.12. The molecule has 0 amide bonds. The summed E-state index contributed by atoms with van der Waals surface area (Å²) in [6, 6.07) is 13.4. The SMILES string of the molecule is C=Cc1cc(C)cc(CCc2ccc(C)cc2C)c1. The molecule has 0 heterocycles. The van der Waals surface area contributed by atoms with Crippen LogP contribution in [-0.4, -0.2) is 0 Å². The lowest BCUT2D eigenvalue weighted by Crippen LogP contribution is -1.95. The topological polar surface area (TPSA) is 0 Å². The Bertz CT molecular complexity index is 591. The molecule has 2 aromatic carbocycles. The van der Waals surface area contributed by atoms with Gasteiger partial charge in [0, 0.05) is 0 Å². The van der Waals surface area contributed by atoms with Gasteiger partial charge in [-0.1, -0.05) is 60.2 Å². The van der Waals surface area contributed by atoms with E-state index in [2.05, 4.69) is 63.7 Å². The first-order valence-electron chi connectivity index (χ1n) is 6.87. The maximum atomic E-state index is 3.86. The molecule has 0 atom stereocenters. The average molecular weight is 250 g/mol. The number of benzene rings is 2.